The van der Waals surface area contributed by atoms with Crippen LogP contribution in [0.4, 0.5) is 0 Å². The van der Waals surface area contributed by atoms with Crippen molar-refractivity contribution in [3.05, 3.63) is 13.8 Å². The van der Waals surface area contributed by atoms with E-state index < -0.39 is 0 Å². The second-order valence-corrected chi connectivity index (χ2v) is 8.63. The fraction of sp³-hybridized carbons (Fsp3) is 0.857. The summed E-state index contributed by atoms with van der Waals surface area (Å²) in [6.07, 6.45) is 32.4. The average molecular weight is 389 g/mol. The Kier molecular flexibility index (Phi) is 26.1. The molecule has 0 unspecified atom stereocenters. The van der Waals surface area contributed by atoms with Crippen LogP contribution in [0.2, 0.25) is 0 Å². The van der Waals surface area contributed by atoms with Gasteiger partial charge in [0.05, 0.1) is 0 Å². The highest BCUT2D eigenvalue weighted by atomic mass is 14.0. The molecule has 0 aromatic rings. The smallest absolute Gasteiger partial charge is 0.00886 e. The van der Waals surface area contributed by atoms with Gasteiger partial charge in [0.25, 0.3) is 0 Å². The summed E-state index contributed by atoms with van der Waals surface area (Å²) in [5.74, 6) is 6.78. The van der Waals surface area contributed by atoms with Gasteiger partial charge in [0.15, 0.2) is 0 Å². The summed E-state index contributed by atoms with van der Waals surface area (Å²) in [7, 11) is 0. The van der Waals surface area contributed by atoms with Crippen molar-refractivity contribution in [2.75, 3.05) is 0 Å². The Morgan fingerprint density at radius 2 is 0.500 bits per heavy atom. The summed E-state index contributed by atoms with van der Waals surface area (Å²) < 4.78 is 0. The molecule has 0 N–H and O–H groups in total. The number of rotatable bonds is 22. The largest absolute Gasteiger partial charge is 0.103 e. The Balaban J connectivity index is 3.08. The molecule has 0 heteroatoms. The Morgan fingerprint density at radius 1 is 0.286 bits per heavy atom. The van der Waals surface area contributed by atoms with Gasteiger partial charge in [-0.3, -0.25) is 0 Å². The van der Waals surface area contributed by atoms with Crippen molar-refractivity contribution in [1.29, 1.82) is 0 Å². The third kappa shape index (κ3) is 25.6. The van der Waals surface area contributed by atoms with Crippen molar-refractivity contribution in [2.24, 2.45) is 0 Å². The molecule has 0 saturated carbocycles. The van der Waals surface area contributed by atoms with Gasteiger partial charge in [-0.1, -0.05) is 142 Å². The third-order valence-corrected chi connectivity index (χ3v) is 5.73. The highest BCUT2D eigenvalue weighted by Gasteiger charge is 1.93. The molecular formula is C28H52. The molecule has 0 aliphatic carbocycles. The highest BCUT2D eigenvalue weighted by Crippen LogP contribution is 2.13. The molecule has 2 radical (unpaired) electrons. The standard InChI is InChI=1S/C28H52/c1-3-5-7-9-11-13-15-17-19-21-23-25-27-28-26-24-22-20-18-16-14-12-10-8-6-4-2/h1-26H2. The van der Waals surface area contributed by atoms with Gasteiger partial charge in [-0.2, -0.15) is 0 Å². The lowest BCUT2D eigenvalue weighted by Gasteiger charge is -2.01. The predicted molar refractivity (Wildman–Crippen MR) is 129 cm³/mol. The summed E-state index contributed by atoms with van der Waals surface area (Å²) in [4.78, 5) is 0. The van der Waals surface area contributed by atoms with Crippen LogP contribution in [-0.4, -0.2) is 0 Å². The van der Waals surface area contributed by atoms with E-state index in [1.807, 2.05) is 0 Å². The lowest BCUT2D eigenvalue weighted by molar-refractivity contribution is 0.553. The zero-order valence-corrected chi connectivity index (χ0v) is 19.4. The normalized spacial score (nSPS) is 10.8. The van der Waals surface area contributed by atoms with Crippen LogP contribution in [0.15, 0.2) is 0 Å². The molecule has 0 spiro atoms. The lowest BCUT2D eigenvalue weighted by atomic mass is 10.0. The summed E-state index contributed by atoms with van der Waals surface area (Å²) in [5.41, 5.74) is 0. The molecule has 0 atom stereocenters. The van der Waals surface area contributed by atoms with Crippen molar-refractivity contribution < 1.29 is 0 Å². The number of hydrogen-bond donors (Lipinski definition) is 0. The van der Waals surface area contributed by atoms with Crippen LogP contribution >= 0.6 is 0 Å². The first-order valence-corrected chi connectivity index (χ1v) is 13.0. The van der Waals surface area contributed by atoms with E-state index >= 15 is 0 Å². The van der Waals surface area contributed by atoms with Gasteiger partial charge < -0.3 is 0 Å². The number of hydrogen-bond acceptors (Lipinski definition) is 0. The van der Waals surface area contributed by atoms with Gasteiger partial charge in [0.2, 0.25) is 0 Å². The summed E-state index contributed by atoms with van der Waals surface area (Å²) in [6, 6.07) is 0. The summed E-state index contributed by atoms with van der Waals surface area (Å²) in [5, 5.41) is 0. The minimum atomic E-state index is 1.11. The van der Waals surface area contributed by atoms with E-state index in [-0.39, 0.29) is 0 Å². The molecule has 0 bridgehead atoms. The summed E-state index contributed by atoms with van der Waals surface area (Å²) in [6.45, 7) is 7.81. The molecule has 0 rings (SSSR count). The third-order valence-electron chi connectivity index (χ3n) is 5.73. The van der Waals surface area contributed by atoms with Crippen LogP contribution in [0, 0.1) is 25.7 Å². The molecule has 0 nitrogen and oxygen atoms in total. The number of unbranched alkanes of at least 4 members (excludes halogenated alkanes) is 22. The Hall–Kier alpha value is -0.440. The van der Waals surface area contributed by atoms with E-state index in [0.717, 1.165) is 25.7 Å². The second kappa shape index (κ2) is 26.6. The van der Waals surface area contributed by atoms with E-state index in [1.165, 1.54) is 128 Å². The Morgan fingerprint density at radius 3 is 0.750 bits per heavy atom. The van der Waals surface area contributed by atoms with Crippen molar-refractivity contribution in [3.63, 3.8) is 0 Å². The van der Waals surface area contributed by atoms with Gasteiger partial charge in [0.1, 0.15) is 0 Å². The molecular weight excluding hydrogens is 336 g/mol. The van der Waals surface area contributed by atoms with Crippen LogP contribution in [0.1, 0.15) is 154 Å². The minimum absolute atomic E-state index is 1.11. The van der Waals surface area contributed by atoms with Crippen molar-refractivity contribution >= 4 is 0 Å². The molecule has 0 aliphatic rings. The second-order valence-electron chi connectivity index (χ2n) is 8.63. The van der Waals surface area contributed by atoms with E-state index in [4.69, 9.17) is 0 Å². The topological polar surface area (TPSA) is 0 Å². The van der Waals surface area contributed by atoms with Gasteiger partial charge >= 0.3 is 0 Å². The van der Waals surface area contributed by atoms with Gasteiger partial charge in [-0.05, 0) is 12.8 Å². The molecule has 0 saturated heterocycles. The first kappa shape index (κ1) is 27.6. The molecule has 0 heterocycles. The van der Waals surface area contributed by atoms with Crippen LogP contribution in [0.5, 0.6) is 0 Å². The predicted octanol–water partition coefficient (Wildman–Crippen LogP) is 10.0. The zero-order valence-electron chi connectivity index (χ0n) is 19.4. The van der Waals surface area contributed by atoms with Crippen molar-refractivity contribution in [3.8, 4) is 11.8 Å². The maximum atomic E-state index is 3.90. The quantitative estimate of drug-likeness (QED) is 0.128. The molecule has 0 aliphatic heterocycles. The summed E-state index contributed by atoms with van der Waals surface area (Å²) >= 11 is 0. The molecule has 0 aromatic heterocycles. The van der Waals surface area contributed by atoms with Crippen LogP contribution in [0.3, 0.4) is 0 Å². The monoisotopic (exact) mass is 388 g/mol. The molecule has 0 amide bonds. The fourth-order valence-electron chi connectivity index (χ4n) is 3.79. The van der Waals surface area contributed by atoms with Crippen LogP contribution in [0.25, 0.3) is 0 Å². The van der Waals surface area contributed by atoms with Gasteiger partial charge in [0, 0.05) is 12.8 Å². The van der Waals surface area contributed by atoms with E-state index in [2.05, 4.69) is 25.7 Å². The molecule has 0 fully saturated rings. The van der Waals surface area contributed by atoms with Crippen LogP contribution < -0.4 is 0 Å². The first-order chi connectivity index (χ1) is 13.9. The molecule has 164 valence electrons. The SMILES string of the molecule is [CH2]CCCCCCCCCCCCC#CCCCCCCCCCCCC[CH2]. The first-order valence-electron chi connectivity index (χ1n) is 13.0. The Bertz CT molecular complexity index is 289. The van der Waals surface area contributed by atoms with Gasteiger partial charge in [-0.15, -0.1) is 11.8 Å². The highest BCUT2D eigenvalue weighted by molar-refractivity contribution is 4.98. The lowest BCUT2D eigenvalue weighted by Crippen LogP contribution is -1.82. The van der Waals surface area contributed by atoms with E-state index in [0.29, 0.717) is 0 Å². The van der Waals surface area contributed by atoms with Crippen molar-refractivity contribution in [2.45, 2.75) is 154 Å². The van der Waals surface area contributed by atoms with Crippen LogP contribution in [-0.2, 0) is 0 Å². The maximum Gasteiger partial charge on any atom is 0.00886 e. The zero-order chi connectivity index (χ0) is 20.4. The van der Waals surface area contributed by atoms with E-state index in [9.17, 15) is 0 Å². The average Bonchev–Trinajstić information content (AvgIpc) is 2.71. The van der Waals surface area contributed by atoms with Crippen molar-refractivity contribution in [1.82, 2.24) is 0 Å². The van der Waals surface area contributed by atoms with Gasteiger partial charge in [-0.25, -0.2) is 0 Å². The Labute approximate surface area is 180 Å². The molecule has 0 aromatic carbocycles. The minimum Gasteiger partial charge on any atom is -0.103 e. The maximum absolute atomic E-state index is 3.90. The van der Waals surface area contributed by atoms with E-state index in [1.54, 1.807) is 0 Å². The fourth-order valence-corrected chi connectivity index (χ4v) is 3.79. The molecule has 28 heavy (non-hydrogen) atoms.